The predicted molar refractivity (Wildman–Crippen MR) is 165 cm³/mol. The molecule has 7 nitrogen and oxygen atoms in total. The van der Waals surface area contributed by atoms with Crippen LogP contribution in [-0.2, 0) is 6.42 Å². The maximum Gasteiger partial charge on any atom is 0.319 e. The van der Waals surface area contributed by atoms with Gasteiger partial charge in [-0.05, 0) is 80.8 Å². The van der Waals surface area contributed by atoms with Crippen LogP contribution in [0.15, 0.2) is 42.6 Å². The molecule has 0 saturated carbocycles. The molecule has 9 heteroatoms. The number of nitrogens with one attached hydrogen (secondary N) is 1. The van der Waals surface area contributed by atoms with Crippen LogP contribution in [0.5, 0.6) is 6.01 Å². The molecule has 2 bridgehead atoms. The standard InChI is InChI=1S/C34H38F2N6O/c35-15-3-9-23-7-1-6-22-8-2-10-26(28(22)23)30-29(36)31-27(18-37-30)32(41-19-24-11-12-25(20-41)38-24)40-33(39-31)43-21-34-13-4-16-42(34)17-5-14-34/h1-2,6-8,10,18,24-25,38H,3-5,9,11-17,19-21H2/t24-,25+. The molecule has 2 aromatic carbocycles. The minimum Gasteiger partial charge on any atom is -0.461 e. The molecule has 43 heavy (non-hydrogen) atoms. The van der Waals surface area contributed by atoms with Crippen LogP contribution in [-0.4, -0.2) is 76.9 Å². The number of ether oxygens (including phenoxy) is 1. The van der Waals surface area contributed by atoms with Gasteiger partial charge in [-0.15, -0.1) is 0 Å². The summed E-state index contributed by atoms with van der Waals surface area (Å²) in [6.45, 7) is 3.97. The quantitative estimate of drug-likeness (QED) is 0.279. The van der Waals surface area contributed by atoms with E-state index in [-0.39, 0.29) is 22.8 Å². The van der Waals surface area contributed by atoms with Crippen molar-refractivity contribution in [2.75, 3.05) is 44.4 Å². The molecule has 4 aliphatic heterocycles. The van der Waals surface area contributed by atoms with Gasteiger partial charge in [-0.2, -0.15) is 9.97 Å². The molecule has 0 unspecified atom stereocenters. The van der Waals surface area contributed by atoms with Crippen LogP contribution in [0.2, 0.25) is 0 Å². The topological polar surface area (TPSA) is 66.4 Å². The number of nitrogens with zero attached hydrogens (tertiary/aromatic N) is 5. The molecule has 6 heterocycles. The van der Waals surface area contributed by atoms with E-state index in [1.165, 1.54) is 12.8 Å². The molecule has 2 aromatic heterocycles. The maximum absolute atomic E-state index is 16.8. The average Bonchev–Trinajstić information content (AvgIpc) is 3.72. The van der Waals surface area contributed by atoms with Crippen molar-refractivity contribution in [3.63, 3.8) is 0 Å². The third-order valence-corrected chi connectivity index (χ3v) is 10.3. The van der Waals surface area contributed by atoms with Crippen LogP contribution in [0.1, 0.15) is 50.5 Å². The summed E-state index contributed by atoms with van der Waals surface area (Å²) in [5.74, 6) is 0.225. The highest BCUT2D eigenvalue weighted by atomic mass is 19.1. The lowest BCUT2D eigenvalue weighted by atomic mass is 9.94. The number of alkyl halides is 1. The molecule has 1 N–H and O–H groups in total. The van der Waals surface area contributed by atoms with Crippen LogP contribution < -0.4 is 15.0 Å². The van der Waals surface area contributed by atoms with Crippen LogP contribution in [0.25, 0.3) is 32.9 Å². The summed E-state index contributed by atoms with van der Waals surface area (Å²) in [7, 11) is 0. The zero-order chi connectivity index (χ0) is 29.0. The number of benzene rings is 2. The van der Waals surface area contributed by atoms with Gasteiger partial charge in [-0.25, -0.2) is 4.39 Å². The Morgan fingerprint density at radius 2 is 1.77 bits per heavy atom. The van der Waals surface area contributed by atoms with Crippen LogP contribution in [0, 0.1) is 5.82 Å². The number of piperazine rings is 1. The molecule has 0 amide bonds. The summed E-state index contributed by atoms with van der Waals surface area (Å²) in [5, 5.41) is 6.18. The highest BCUT2D eigenvalue weighted by molar-refractivity contribution is 6.00. The lowest BCUT2D eigenvalue weighted by Crippen LogP contribution is -2.51. The Bertz CT molecular complexity index is 1650. The number of aryl methyl sites for hydroxylation is 1. The second kappa shape index (κ2) is 10.9. The average molecular weight is 585 g/mol. The van der Waals surface area contributed by atoms with E-state index in [0.29, 0.717) is 48.3 Å². The molecular weight excluding hydrogens is 546 g/mol. The normalized spacial score (nSPS) is 23.0. The zero-order valence-corrected chi connectivity index (χ0v) is 24.5. The third kappa shape index (κ3) is 4.72. The molecule has 4 aromatic rings. The van der Waals surface area contributed by atoms with Gasteiger partial charge in [-0.1, -0.05) is 36.4 Å². The number of anilines is 1. The van der Waals surface area contributed by atoms with Gasteiger partial charge < -0.3 is 15.0 Å². The van der Waals surface area contributed by atoms with Crippen molar-refractivity contribution in [3.05, 3.63) is 54.0 Å². The Morgan fingerprint density at radius 3 is 2.53 bits per heavy atom. The fourth-order valence-electron chi connectivity index (χ4n) is 8.23. The SMILES string of the molecule is FCCCc1cccc2cccc(-c3ncc4c(N5C[C@H]6CC[C@@H](C5)N6)nc(OCC56CCCN5CCC6)nc4c3F)c12. The van der Waals surface area contributed by atoms with Gasteiger partial charge in [0, 0.05) is 36.9 Å². The number of fused-ring (bicyclic) bond motifs is 5. The van der Waals surface area contributed by atoms with E-state index in [1.807, 2.05) is 36.4 Å². The van der Waals surface area contributed by atoms with E-state index in [2.05, 4.69) is 15.1 Å². The monoisotopic (exact) mass is 584 g/mol. The van der Waals surface area contributed by atoms with Gasteiger partial charge >= 0.3 is 6.01 Å². The van der Waals surface area contributed by atoms with Gasteiger partial charge in [0.1, 0.15) is 23.6 Å². The molecule has 4 fully saturated rings. The van der Waals surface area contributed by atoms with E-state index >= 15 is 4.39 Å². The van der Waals surface area contributed by atoms with Crippen molar-refractivity contribution < 1.29 is 13.5 Å². The van der Waals surface area contributed by atoms with Crippen molar-refractivity contribution in [2.24, 2.45) is 0 Å². The Kier molecular flexibility index (Phi) is 6.90. The molecule has 4 aliphatic rings. The Morgan fingerprint density at radius 1 is 1.00 bits per heavy atom. The van der Waals surface area contributed by atoms with Gasteiger partial charge in [0.05, 0.1) is 17.6 Å². The first kappa shape index (κ1) is 27.1. The third-order valence-electron chi connectivity index (χ3n) is 10.3. The van der Waals surface area contributed by atoms with Crippen molar-refractivity contribution in [1.29, 1.82) is 0 Å². The highest BCUT2D eigenvalue weighted by Crippen LogP contribution is 2.40. The van der Waals surface area contributed by atoms with Gasteiger partial charge in [0.2, 0.25) is 0 Å². The fourth-order valence-corrected chi connectivity index (χ4v) is 8.23. The van der Waals surface area contributed by atoms with Crippen LogP contribution in [0.4, 0.5) is 14.6 Å². The number of hydrogen-bond donors (Lipinski definition) is 1. The second-order valence-corrected chi connectivity index (χ2v) is 12.9. The predicted octanol–water partition coefficient (Wildman–Crippen LogP) is 5.83. The molecule has 0 radical (unpaired) electrons. The number of halogens is 2. The summed E-state index contributed by atoms with van der Waals surface area (Å²) in [6.07, 6.45) is 9.58. The Balaban J connectivity index is 1.24. The summed E-state index contributed by atoms with van der Waals surface area (Å²) >= 11 is 0. The summed E-state index contributed by atoms with van der Waals surface area (Å²) in [5.41, 5.74) is 2.21. The first-order chi connectivity index (χ1) is 21.1. The smallest absolute Gasteiger partial charge is 0.319 e. The lowest BCUT2D eigenvalue weighted by molar-refractivity contribution is 0.108. The van der Waals surface area contributed by atoms with Crippen molar-refractivity contribution in [3.8, 4) is 17.3 Å². The highest BCUT2D eigenvalue weighted by Gasteiger charge is 2.45. The lowest BCUT2D eigenvalue weighted by Gasteiger charge is -2.34. The maximum atomic E-state index is 16.8. The number of pyridine rings is 1. The molecule has 0 spiro atoms. The second-order valence-electron chi connectivity index (χ2n) is 12.9. The van der Waals surface area contributed by atoms with Crippen molar-refractivity contribution >= 4 is 27.5 Å². The summed E-state index contributed by atoms with van der Waals surface area (Å²) in [6, 6.07) is 12.8. The first-order valence-electron chi connectivity index (χ1n) is 15.9. The molecule has 224 valence electrons. The molecule has 4 saturated heterocycles. The van der Waals surface area contributed by atoms with Gasteiger partial charge in [0.25, 0.3) is 0 Å². The van der Waals surface area contributed by atoms with Gasteiger partial charge in [0.15, 0.2) is 5.82 Å². The molecule has 2 atom stereocenters. The van der Waals surface area contributed by atoms with Gasteiger partial charge in [-0.3, -0.25) is 14.3 Å². The van der Waals surface area contributed by atoms with E-state index in [9.17, 15) is 4.39 Å². The van der Waals surface area contributed by atoms with E-state index < -0.39 is 12.5 Å². The Hall–Kier alpha value is -3.43. The van der Waals surface area contributed by atoms with E-state index in [4.69, 9.17) is 19.7 Å². The van der Waals surface area contributed by atoms with Crippen molar-refractivity contribution in [1.82, 2.24) is 25.2 Å². The largest absolute Gasteiger partial charge is 0.461 e. The molecular formula is C34H38F2N6O. The van der Waals surface area contributed by atoms with E-state index in [0.717, 1.165) is 68.2 Å². The Labute approximate surface area is 250 Å². The fraction of sp³-hybridized carbons (Fsp3) is 0.500. The minimum absolute atomic E-state index is 0.0353. The molecule has 8 rings (SSSR count). The number of hydrogen-bond acceptors (Lipinski definition) is 7. The minimum atomic E-state index is -0.474. The zero-order valence-electron chi connectivity index (χ0n) is 24.5. The molecule has 0 aliphatic carbocycles. The van der Waals surface area contributed by atoms with Crippen LogP contribution >= 0.6 is 0 Å². The summed E-state index contributed by atoms with van der Waals surface area (Å²) in [4.78, 5) is 19.2. The summed E-state index contributed by atoms with van der Waals surface area (Å²) < 4.78 is 36.4. The number of aromatic nitrogens is 3. The van der Waals surface area contributed by atoms with Crippen molar-refractivity contribution in [2.45, 2.75) is 69.0 Å². The first-order valence-corrected chi connectivity index (χ1v) is 15.9. The number of rotatable bonds is 8. The van der Waals surface area contributed by atoms with E-state index in [1.54, 1.807) is 6.20 Å². The van der Waals surface area contributed by atoms with Crippen LogP contribution in [0.3, 0.4) is 0 Å².